The molecule has 5 nitrogen and oxygen atoms in total. The summed E-state index contributed by atoms with van der Waals surface area (Å²) in [4.78, 5) is 49.3. The van der Waals surface area contributed by atoms with Gasteiger partial charge in [-0.25, -0.2) is 0 Å². The fourth-order valence-electron chi connectivity index (χ4n) is 7.75. The van der Waals surface area contributed by atoms with E-state index in [1.165, 1.54) is 24.6 Å². The highest BCUT2D eigenvalue weighted by Crippen LogP contribution is 2.69. The molecule has 0 bridgehead atoms. The van der Waals surface area contributed by atoms with Crippen molar-refractivity contribution in [3.63, 3.8) is 0 Å². The Kier molecular flexibility index (Phi) is 4.78. The van der Waals surface area contributed by atoms with Gasteiger partial charge in [0, 0.05) is 29.6 Å². The number of ketones is 3. The maximum atomic E-state index is 13.4. The molecule has 1 saturated heterocycles. The second-order valence-corrected chi connectivity index (χ2v) is 11.0. The molecular weight excluding hydrogens is 404 g/mol. The molecule has 0 radical (unpaired) electrons. The SMILES string of the molecule is CC(=O)/C=C/C(=O)[C@@H]1CC2=CC(=O)CC[C@]2(C)C2=CCC3(C)[C@@H](CC[C@@]34CCC(=O)O4)[C@@H]21. The number of rotatable bonds is 3. The minimum atomic E-state index is -0.431. The molecule has 0 aromatic rings. The summed E-state index contributed by atoms with van der Waals surface area (Å²) in [6.45, 7) is 5.93. The van der Waals surface area contributed by atoms with Crippen LogP contribution in [0, 0.1) is 28.6 Å². The van der Waals surface area contributed by atoms with Crippen molar-refractivity contribution in [3.8, 4) is 0 Å². The molecule has 1 unspecified atom stereocenters. The molecule has 5 heteroatoms. The van der Waals surface area contributed by atoms with Crippen molar-refractivity contribution in [3.05, 3.63) is 35.5 Å². The number of allylic oxidation sites excluding steroid dienone is 6. The molecule has 0 aromatic carbocycles. The summed E-state index contributed by atoms with van der Waals surface area (Å²) in [5.41, 5.74) is 1.54. The number of carbonyl (C=O) groups is 4. The number of esters is 1. The normalized spacial score (nSPS) is 42.8. The van der Waals surface area contributed by atoms with Gasteiger partial charge >= 0.3 is 5.97 Å². The molecule has 0 aromatic heterocycles. The molecule has 0 amide bonds. The van der Waals surface area contributed by atoms with Crippen molar-refractivity contribution >= 4 is 23.3 Å². The lowest BCUT2D eigenvalue weighted by molar-refractivity contribution is -0.161. The smallest absolute Gasteiger partial charge is 0.306 e. The summed E-state index contributed by atoms with van der Waals surface area (Å²) >= 11 is 0. The van der Waals surface area contributed by atoms with E-state index in [0.717, 1.165) is 37.7 Å². The highest BCUT2D eigenvalue weighted by molar-refractivity contribution is 6.00. The van der Waals surface area contributed by atoms with E-state index in [4.69, 9.17) is 4.74 Å². The molecule has 4 aliphatic carbocycles. The molecule has 32 heavy (non-hydrogen) atoms. The monoisotopic (exact) mass is 436 g/mol. The van der Waals surface area contributed by atoms with Gasteiger partial charge < -0.3 is 4.74 Å². The lowest BCUT2D eigenvalue weighted by atomic mass is 9.47. The van der Waals surface area contributed by atoms with Gasteiger partial charge in [0.15, 0.2) is 17.3 Å². The third-order valence-corrected chi connectivity index (χ3v) is 9.57. The Hall–Kier alpha value is -2.30. The van der Waals surface area contributed by atoms with Gasteiger partial charge in [-0.15, -0.1) is 0 Å². The van der Waals surface area contributed by atoms with Gasteiger partial charge in [0.1, 0.15) is 5.60 Å². The highest BCUT2D eigenvalue weighted by atomic mass is 16.6. The molecule has 5 rings (SSSR count). The van der Waals surface area contributed by atoms with Crippen LogP contribution < -0.4 is 0 Å². The summed E-state index contributed by atoms with van der Waals surface area (Å²) in [7, 11) is 0. The molecule has 0 N–H and O–H groups in total. The Bertz CT molecular complexity index is 1020. The Morgan fingerprint density at radius 2 is 1.88 bits per heavy atom. The van der Waals surface area contributed by atoms with E-state index >= 15 is 0 Å². The van der Waals surface area contributed by atoms with Crippen LogP contribution in [-0.4, -0.2) is 28.9 Å². The first-order valence-corrected chi connectivity index (χ1v) is 12.0. The van der Waals surface area contributed by atoms with Crippen molar-refractivity contribution in [1.82, 2.24) is 0 Å². The Morgan fingerprint density at radius 3 is 2.56 bits per heavy atom. The average Bonchev–Trinajstić information content (AvgIpc) is 3.26. The van der Waals surface area contributed by atoms with Gasteiger partial charge in [-0.3, -0.25) is 19.2 Å². The molecule has 3 fully saturated rings. The maximum absolute atomic E-state index is 13.4. The summed E-state index contributed by atoms with van der Waals surface area (Å²) < 4.78 is 6.01. The second kappa shape index (κ2) is 7.10. The number of fused-ring (bicyclic) bond motifs is 6. The van der Waals surface area contributed by atoms with Gasteiger partial charge in [0.25, 0.3) is 0 Å². The highest BCUT2D eigenvalue weighted by Gasteiger charge is 2.67. The number of ether oxygens (including phenoxy) is 1. The third-order valence-electron chi connectivity index (χ3n) is 9.57. The molecule has 1 spiro atoms. The van der Waals surface area contributed by atoms with Crippen molar-refractivity contribution in [2.45, 2.75) is 77.7 Å². The van der Waals surface area contributed by atoms with E-state index in [1.807, 2.05) is 0 Å². The van der Waals surface area contributed by atoms with E-state index in [9.17, 15) is 19.2 Å². The largest absolute Gasteiger partial charge is 0.458 e. The Labute approximate surface area is 189 Å². The summed E-state index contributed by atoms with van der Waals surface area (Å²) in [6.07, 6.45) is 12.6. The van der Waals surface area contributed by atoms with Crippen molar-refractivity contribution in [1.29, 1.82) is 0 Å². The van der Waals surface area contributed by atoms with Crippen LogP contribution in [0.5, 0.6) is 0 Å². The number of carbonyl (C=O) groups excluding carboxylic acids is 4. The van der Waals surface area contributed by atoms with Crippen molar-refractivity contribution in [2.75, 3.05) is 0 Å². The molecular formula is C27H32O5. The van der Waals surface area contributed by atoms with Crippen LogP contribution in [0.4, 0.5) is 0 Å². The first-order chi connectivity index (χ1) is 15.1. The Balaban J connectivity index is 1.61. The zero-order chi connectivity index (χ0) is 22.9. The topological polar surface area (TPSA) is 77.5 Å². The van der Waals surface area contributed by atoms with Gasteiger partial charge in [0.05, 0.1) is 0 Å². The fourth-order valence-corrected chi connectivity index (χ4v) is 7.75. The summed E-state index contributed by atoms with van der Waals surface area (Å²) in [6, 6.07) is 0. The minimum Gasteiger partial charge on any atom is -0.458 e. The van der Waals surface area contributed by atoms with Crippen LogP contribution in [0.2, 0.25) is 0 Å². The lowest BCUT2D eigenvalue weighted by Crippen LogP contribution is -2.53. The summed E-state index contributed by atoms with van der Waals surface area (Å²) in [5, 5.41) is 0. The van der Waals surface area contributed by atoms with Gasteiger partial charge in [-0.05, 0) is 75.5 Å². The van der Waals surface area contributed by atoms with Crippen LogP contribution in [-0.2, 0) is 23.9 Å². The van der Waals surface area contributed by atoms with Crippen LogP contribution in [0.3, 0.4) is 0 Å². The van der Waals surface area contributed by atoms with E-state index < -0.39 is 5.60 Å². The van der Waals surface area contributed by atoms with Gasteiger partial charge in [-0.1, -0.05) is 31.1 Å². The van der Waals surface area contributed by atoms with E-state index in [0.29, 0.717) is 19.3 Å². The van der Waals surface area contributed by atoms with Gasteiger partial charge in [0.2, 0.25) is 0 Å². The minimum absolute atomic E-state index is 0.0364. The summed E-state index contributed by atoms with van der Waals surface area (Å²) in [5.74, 6) is -0.153. The molecule has 1 aliphatic heterocycles. The average molecular weight is 437 g/mol. The lowest BCUT2D eigenvalue weighted by Gasteiger charge is -2.56. The van der Waals surface area contributed by atoms with Crippen LogP contribution in [0.15, 0.2) is 35.5 Å². The molecule has 1 heterocycles. The predicted molar refractivity (Wildman–Crippen MR) is 118 cm³/mol. The fraction of sp³-hybridized carbons (Fsp3) is 0.630. The molecule has 5 aliphatic rings. The van der Waals surface area contributed by atoms with Crippen molar-refractivity contribution in [2.24, 2.45) is 28.6 Å². The predicted octanol–water partition coefficient (Wildman–Crippen LogP) is 4.45. The first kappa shape index (κ1) is 21.5. The van der Waals surface area contributed by atoms with Crippen molar-refractivity contribution < 1.29 is 23.9 Å². The number of hydrogen-bond donors (Lipinski definition) is 0. The number of hydrogen-bond acceptors (Lipinski definition) is 5. The van der Waals surface area contributed by atoms with Gasteiger partial charge in [-0.2, -0.15) is 0 Å². The van der Waals surface area contributed by atoms with E-state index in [2.05, 4.69) is 19.9 Å². The van der Waals surface area contributed by atoms with Crippen LogP contribution in [0.25, 0.3) is 0 Å². The zero-order valence-electron chi connectivity index (χ0n) is 19.2. The zero-order valence-corrected chi connectivity index (χ0v) is 19.2. The Morgan fingerprint density at radius 1 is 1.09 bits per heavy atom. The van der Waals surface area contributed by atoms with E-state index in [-0.39, 0.29) is 51.9 Å². The first-order valence-electron chi connectivity index (χ1n) is 12.0. The molecule has 170 valence electrons. The van der Waals surface area contributed by atoms with E-state index in [1.54, 1.807) is 6.08 Å². The quantitative estimate of drug-likeness (QED) is 0.371. The molecule has 2 saturated carbocycles. The van der Waals surface area contributed by atoms with Crippen LogP contribution in [0.1, 0.15) is 72.1 Å². The standard InChI is InChI=1S/C27H32O5/c1-16(28)4-5-22(30)19-15-17-14-18(29)6-10-25(17,2)20-7-11-26(3)21(24(19)20)8-12-27(26)13-9-23(31)32-27/h4-5,7,14,19,21,24H,6,8-13,15H2,1-3H3/b5-4+/t19-,21-,24+,25-,26?,27+/m0/s1. The maximum Gasteiger partial charge on any atom is 0.306 e. The second-order valence-electron chi connectivity index (χ2n) is 11.0. The molecule has 6 atom stereocenters. The van der Waals surface area contributed by atoms with Crippen LogP contribution >= 0.6 is 0 Å². The third kappa shape index (κ3) is 2.89.